The molecule has 12 heavy (non-hydrogen) atoms. The molecule has 0 saturated carbocycles. The Morgan fingerprint density at radius 1 is 1.58 bits per heavy atom. The van der Waals surface area contributed by atoms with Crippen LogP contribution in [-0.2, 0) is 0 Å². The smallest absolute Gasteiger partial charge is 0.235 e. The van der Waals surface area contributed by atoms with Crippen LogP contribution in [-0.4, -0.2) is 9.91 Å². The summed E-state index contributed by atoms with van der Waals surface area (Å²) in [6.07, 6.45) is 5.59. The second kappa shape index (κ2) is 3.61. The molecular weight excluding hydrogens is 156 g/mol. The van der Waals surface area contributed by atoms with Crippen molar-refractivity contribution in [3.63, 3.8) is 0 Å². The summed E-state index contributed by atoms with van der Waals surface area (Å²) < 4.78 is 0. The molecule has 0 aliphatic rings. The van der Waals surface area contributed by atoms with E-state index >= 15 is 0 Å². The SMILES string of the molecule is Cc1cncc(/C=C/[N+](=O)[O-])c1. The lowest BCUT2D eigenvalue weighted by Gasteiger charge is -1.91. The summed E-state index contributed by atoms with van der Waals surface area (Å²) in [5, 5.41) is 9.96. The standard InChI is InChI=1S/C8H8N2O2/c1-7-4-8(6-9-5-7)2-3-10(11)12/h2-6H,1H3/b3-2+. The lowest BCUT2D eigenvalue weighted by atomic mass is 10.2. The quantitative estimate of drug-likeness (QED) is 0.493. The second-order valence-electron chi connectivity index (χ2n) is 2.40. The fourth-order valence-electron chi connectivity index (χ4n) is 0.816. The summed E-state index contributed by atoms with van der Waals surface area (Å²) in [4.78, 5) is 13.3. The first-order valence-electron chi connectivity index (χ1n) is 3.42. The molecule has 0 aromatic carbocycles. The summed E-state index contributed by atoms with van der Waals surface area (Å²) in [5.74, 6) is 0. The highest BCUT2D eigenvalue weighted by molar-refractivity contribution is 5.47. The minimum absolute atomic E-state index is 0.498. The van der Waals surface area contributed by atoms with Crippen LogP contribution in [0.2, 0.25) is 0 Å². The highest BCUT2D eigenvalue weighted by atomic mass is 16.6. The molecular formula is C8H8N2O2. The van der Waals surface area contributed by atoms with Crippen LogP contribution in [0.25, 0.3) is 6.08 Å². The van der Waals surface area contributed by atoms with Crippen molar-refractivity contribution in [3.8, 4) is 0 Å². The van der Waals surface area contributed by atoms with Gasteiger partial charge in [0.1, 0.15) is 0 Å². The third-order valence-electron chi connectivity index (χ3n) is 1.28. The lowest BCUT2D eigenvalue weighted by Crippen LogP contribution is -1.84. The van der Waals surface area contributed by atoms with E-state index in [-0.39, 0.29) is 0 Å². The van der Waals surface area contributed by atoms with Crippen molar-refractivity contribution in [2.24, 2.45) is 0 Å². The van der Waals surface area contributed by atoms with Gasteiger partial charge in [-0.15, -0.1) is 0 Å². The molecule has 0 spiro atoms. The van der Waals surface area contributed by atoms with Crippen molar-refractivity contribution in [2.45, 2.75) is 6.92 Å². The summed E-state index contributed by atoms with van der Waals surface area (Å²) in [6.45, 7) is 1.89. The Morgan fingerprint density at radius 2 is 2.33 bits per heavy atom. The van der Waals surface area contributed by atoms with Gasteiger partial charge in [0, 0.05) is 18.5 Å². The zero-order chi connectivity index (χ0) is 8.97. The molecule has 1 aromatic rings. The van der Waals surface area contributed by atoms with E-state index in [2.05, 4.69) is 4.98 Å². The van der Waals surface area contributed by atoms with E-state index in [0.717, 1.165) is 17.3 Å². The van der Waals surface area contributed by atoms with E-state index in [4.69, 9.17) is 0 Å². The largest absolute Gasteiger partial charge is 0.264 e. The maximum Gasteiger partial charge on any atom is 0.235 e. The van der Waals surface area contributed by atoms with Gasteiger partial charge in [0.15, 0.2) is 0 Å². The van der Waals surface area contributed by atoms with Gasteiger partial charge in [0.2, 0.25) is 6.20 Å². The summed E-state index contributed by atoms with van der Waals surface area (Å²) >= 11 is 0. The van der Waals surface area contributed by atoms with Crippen molar-refractivity contribution in [1.82, 2.24) is 4.98 Å². The maximum absolute atomic E-state index is 9.96. The van der Waals surface area contributed by atoms with E-state index < -0.39 is 4.92 Å². The Balaban J connectivity index is 2.83. The minimum atomic E-state index is -0.498. The van der Waals surface area contributed by atoms with Gasteiger partial charge in [-0.2, -0.15) is 0 Å². The molecule has 1 aromatic heterocycles. The van der Waals surface area contributed by atoms with Crippen molar-refractivity contribution in [3.05, 3.63) is 45.9 Å². The van der Waals surface area contributed by atoms with Crippen LogP contribution >= 0.6 is 0 Å². The molecule has 0 aliphatic carbocycles. The van der Waals surface area contributed by atoms with Crippen LogP contribution in [0.1, 0.15) is 11.1 Å². The predicted octanol–water partition coefficient (Wildman–Crippen LogP) is 1.64. The predicted molar refractivity (Wildman–Crippen MR) is 45.0 cm³/mol. The second-order valence-corrected chi connectivity index (χ2v) is 2.40. The van der Waals surface area contributed by atoms with Gasteiger partial charge in [-0.05, 0) is 24.1 Å². The molecule has 0 radical (unpaired) electrons. The van der Waals surface area contributed by atoms with Crippen LogP contribution < -0.4 is 0 Å². The fraction of sp³-hybridized carbons (Fsp3) is 0.125. The molecule has 0 aliphatic heterocycles. The van der Waals surface area contributed by atoms with Crippen molar-refractivity contribution in [2.75, 3.05) is 0 Å². The molecule has 62 valence electrons. The molecule has 0 unspecified atom stereocenters. The van der Waals surface area contributed by atoms with E-state index in [1.807, 2.05) is 13.0 Å². The van der Waals surface area contributed by atoms with Gasteiger partial charge in [0.05, 0.1) is 4.92 Å². The maximum atomic E-state index is 9.96. The molecule has 0 N–H and O–H groups in total. The minimum Gasteiger partial charge on any atom is -0.264 e. The highest BCUT2D eigenvalue weighted by Gasteiger charge is 1.90. The molecule has 1 heterocycles. The van der Waals surface area contributed by atoms with Gasteiger partial charge >= 0.3 is 0 Å². The average molecular weight is 164 g/mol. The first-order chi connectivity index (χ1) is 5.68. The number of hydrogen-bond donors (Lipinski definition) is 0. The normalized spacial score (nSPS) is 10.4. The number of aromatic nitrogens is 1. The van der Waals surface area contributed by atoms with Gasteiger partial charge in [0.25, 0.3) is 0 Å². The van der Waals surface area contributed by atoms with Crippen molar-refractivity contribution in [1.29, 1.82) is 0 Å². The monoisotopic (exact) mass is 164 g/mol. The number of nitrogens with zero attached hydrogens (tertiary/aromatic N) is 2. The average Bonchev–Trinajstić information content (AvgIpc) is 2.01. The molecule has 0 amide bonds. The summed E-state index contributed by atoms with van der Waals surface area (Å²) in [7, 11) is 0. The van der Waals surface area contributed by atoms with Crippen molar-refractivity contribution < 1.29 is 4.92 Å². The highest BCUT2D eigenvalue weighted by Crippen LogP contribution is 2.02. The molecule has 1 rings (SSSR count). The zero-order valence-corrected chi connectivity index (χ0v) is 6.60. The van der Waals surface area contributed by atoms with Crippen LogP contribution in [0, 0.1) is 17.0 Å². The molecule has 0 saturated heterocycles. The molecule has 0 bridgehead atoms. The van der Waals surface area contributed by atoms with Crippen LogP contribution in [0.15, 0.2) is 24.7 Å². The third kappa shape index (κ3) is 2.49. The van der Waals surface area contributed by atoms with Gasteiger partial charge in [-0.25, -0.2) is 0 Å². The van der Waals surface area contributed by atoms with Crippen LogP contribution in [0.3, 0.4) is 0 Å². The Kier molecular flexibility index (Phi) is 2.53. The molecule has 4 heteroatoms. The van der Waals surface area contributed by atoms with E-state index in [1.165, 1.54) is 6.08 Å². The fourth-order valence-corrected chi connectivity index (χ4v) is 0.816. The number of rotatable bonds is 2. The number of aryl methyl sites for hydroxylation is 1. The number of nitro groups is 1. The first kappa shape index (κ1) is 8.39. The van der Waals surface area contributed by atoms with E-state index in [9.17, 15) is 10.1 Å². The summed E-state index contributed by atoms with van der Waals surface area (Å²) in [5.41, 5.74) is 1.73. The molecule has 0 fully saturated rings. The lowest BCUT2D eigenvalue weighted by molar-refractivity contribution is -0.400. The van der Waals surface area contributed by atoms with Gasteiger partial charge < -0.3 is 0 Å². The Labute approximate surface area is 69.7 Å². The van der Waals surface area contributed by atoms with E-state index in [0.29, 0.717) is 0 Å². The van der Waals surface area contributed by atoms with Crippen molar-refractivity contribution >= 4 is 6.08 Å². The van der Waals surface area contributed by atoms with Gasteiger partial charge in [-0.3, -0.25) is 15.1 Å². The van der Waals surface area contributed by atoms with Crippen LogP contribution in [0.5, 0.6) is 0 Å². The third-order valence-corrected chi connectivity index (χ3v) is 1.28. The molecule has 0 atom stereocenters. The topological polar surface area (TPSA) is 56.0 Å². The molecule has 4 nitrogen and oxygen atoms in total. The first-order valence-corrected chi connectivity index (χ1v) is 3.42. The summed E-state index contributed by atoms with van der Waals surface area (Å²) in [6, 6.07) is 1.83. The van der Waals surface area contributed by atoms with Crippen LogP contribution in [0.4, 0.5) is 0 Å². The Hall–Kier alpha value is -1.71. The van der Waals surface area contributed by atoms with E-state index in [1.54, 1.807) is 12.4 Å². The number of hydrogen-bond acceptors (Lipinski definition) is 3. The Bertz CT molecular complexity index is 321. The zero-order valence-electron chi connectivity index (χ0n) is 6.60. The Morgan fingerprint density at radius 3 is 2.92 bits per heavy atom. The van der Waals surface area contributed by atoms with Gasteiger partial charge in [-0.1, -0.05) is 0 Å². The number of pyridine rings is 1.